The standard InChI is InChI=1S/C15H17ClN6O/c16-11-5-3-4-10(8-11)15(23)21-20-13-12(17)14(19-9-18-13)22-6-1-2-7-22/h3-5,8-9H,1-2,6-7,17H2,(H,21,23)(H,18,19,20). The van der Waals surface area contributed by atoms with Crippen LogP contribution < -0.4 is 21.5 Å². The van der Waals surface area contributed by atoms with Crippen LogP contribution in [0, 0.1) is 0 Å². The van der Waals surface area contributed by atoms with Crippen molar-refractivity contribution >= 4 is 34.8 Å². The molecule has 0 unspecified atom stereocenters. The summed E-state index contributed by atoms with van der Waals surface area (Å²) < 4.78 is 0. The van der Waals surface area contributed by atoms with Crippen LogP contribution >= 0.6 is 11.6 Å². The third kappa shape index (κ3) is 3.45. The average molecular weight is 333 g/mol. The first-order chi connectivity index (χ1) is 11.1. The van der Waals surface area contributed by atoms with Gasteiger partial charge in [0.05, 0.1) is 0 Å². The molecule has 120 valence electrons. The molecule has 2 heterocycles. The first-order valence-corrected chi connectivity index (χ1v) is 7.70. The van der Waals surface area contributed by atoms with Crippen LogP contribution in [-0.4, -0.2) is 29.0 Å². The molecule has 1 saturated heterocycles. The Morgan fingerprint density at radius 1 is 1.26 bits per heavy atom. The molecule has 7 nitrogen and oxygen atoms in total. The number of rotatable bonds is 4. The Labute approximate surface area is 138 Å². The lowest BCUT2D eigenvalue weighted by Gasteiger charge is -2.19. The summed E-state index contributed by atoms with van der Waals surface area (Å²) in [5.74, 6) is 0.738. The number of nitrogens with two attached hydrogens (primary N) is 1. The van der Waals surface area contributed by atoms with Gasteiger partial charge in [-0.05, 0) is 31.0 Å². The number of hydrogen-bond donors (Lipinski definition) is 3. The molecule has 23 heavy (non-hydrogen) atoms. The molecule has 8 heteroatoms. The second-order valence-corrected chi connectivity index (χ2v) is 5.68. The number of anilines is 3. The Bertz CT molecular complexity index is 717. The van der Waals surface area contributed by atoms with Gasteiger partial charge in [-0.25, -0.2) is 9.97 Å². The van der Waals surface area contributed by atoms with Crippen molar-refractivity contribution in [2.24, 2.45) is 0 Å². The van der Waals surface area contributed by atoms with E-state index in [0.29, 0.717) is 27.9 Å². The van der Waals surface area contributed by atoms with Crippen LogP contribution in [0.15, 0.2) is 30.6 Å². The van der Waals surface area contributed by atoms with Crippen LogP contribution in [0.1, 0.15) is 23.2 Å². The highest BCUT2D eigenvalue weighted by Crippen LogP contribution is 2.28. The predicted octanol–water partition coefficient (Wildman–Crippen LogP) is 2.07. The third-order valence-electron chi connectivity index (χ3n) is 3.65. The van der Waals surface area contributed by atoms with Crippen molar-refractivity contribution in [2.45, 2.75) is 12.8 Å². The number of amides is 1. The van der Waals surface area contributed by atoms with Crippen LogP contribution in [0.5, 0.6) is 0 Å². The molecule has 0 aliphatic carbocycles. The maximum atomic E-state index is 12.1. The van der Waals surface area contributed by atoms with Gasteiger partial charge in [-0.15, -0.1) is 0 Å². The second-order valence-electron chi connectivity index (χ2n) is 5.24. The van der Waals surface area contributed by atoms with Gasteiger partial charge in [-0.2, -0.15) is 0 Å². The molecule has 0 bridgehead atoms. The Morgan fingerprint density at radius 2 is 2.04 bits per heavy atom. The van der Waals surface area contributed by atoms with Crippen molar-refractivity contribution < 1.29 is 4.79 Å². The zero-order chi connectivity index (χ0) is 16.2. The molecule has 0 saturated carbocycles. The number of nitrogens with one attached hydrogen (secondary N) is 2. The Hall–Kier alpha value is -2.54. The molecule has 4 N–H and O–H groups in total. The van der Waals surface area contributed by atoms with Crippen LogP contribution in [0.4, 0.5) is 17.3 Å². The number of carbonyl (C=O) groups is 1. The van der Waals surface area contributed by atoms with Crippen LogP contribution in [0.3, 0.4) is 0 Å². The fraction of sp³-hybridized carbons (Fsp3) is 0.267. The number of hydrazine groups is 1. The number of nitrogen functional groups attached to an aromatic ring is 1. The van der Waals surface area contributed by atoms with Crippen LogP contribution in [0.25, 0.3) is 0 Å². The first kappa shape index (κ1) is 15.4. The van der Waals surface area contributed by atoms with Crippen molar-refractivity contribution in [3.8, 4) is 0 Å². The second kappa shape index (κ2) is 6.70. The molecule has 0 spiro atoms. The fourth-order valence-corrected chi connectivity index (χ4v) is 2.67. The van der Waals surface area contributed by atoms with Gasteiger partial charge in [0.15, 0.2) is 11.6 Å². The topological polar surface area (TPSA) is 96.2 Å². The molecule has 1 aromatic heterocycles. The maximum Gasteiger partial charge on any atom is 0.269 e. The van der Waals surface area contributed by atoms with E-state index < -0.39 is 0 Å². The van der Waals surface area contributed by atoms with E-state index in [0.717, 1.165) is 25.9 Å². The summed E-state index contributed by atoms with van der Waals surface area (Å²) in [6.07, 6.45) is 3.67. The fourth-order valence-electron chi connectivity index (χ4n) is 2.48. The van der Waals surface area contributed by atoms with E-state index in [1.165, 1.54) is 6.33 Å². The van der Waals surface area contributed by atoms with Crippen molar-refractivity contribution in [3.05, 3.63) is 41.2 Å². The molecule has 1 aliphatic rings. The van der Waals surface area contributed by atoms with Crippen LogP contribution in [-0.2, 0) is 0 Å². The molecule has 3 rings (SSSR count). The smallest absolute Gasteiger partial charge is 0.269 e. The summed E-state index contributed by atoms with van der Waals surface area (Å²) in [6, 6.07) is 6.66. The van der Waals surface area contributed by atoms with E-state index in [2.05, 4.69) is 25.7 Å². The van der Waals surface area contributed by atoms with Gasteiger partial charge in [-0.1, -0.05) is 17.7 Å². The average Bonchev–Trinajstić information content (AvgIpc) is 3.08. The van der Waals surface area contributed by atoms with E-state index in [4.69, 9.17) is 17.3 Å². The summed E-state index contributed by atoms with van der Waals surface area (Å²) in [5.41, 5.74) is 12.3. The van der Waals surface area contributed by atoms with Gasteiger partial charge in [0.2, 0.25) is 0 Å². The van der Waals surface area contributed by atoms with Gasteiger partial charge >= 0.3 is 0 Å². The van der Waals surface area contributed by atoms with Crippen molar-refractivity contribution in [1.29, 1.82) is 0 Å². The summed E-state index contributed by atoms with van der Waals surface area (Å²) in [4.78, 5) is 22.5. The highest BCUT2D eigenvalue weighted by molar-refractivity contribution is 6.30. The van der Waals surface area contributed by atoms with E-state index in [9.17, 15) is 4.79 Å². The van der Waals surface area contributed by atoms with Gasteiger partial charge in [-0.3, -0.25) is 15.6 Å². The predicted molar refractivity (Wildman–Crippen MR) is 90.4 cm³/mol. The minimum Gasteiger partial charge on any atom is -0.393 e. The summed E-state index contributed by atoms with van der Waals surface area (Å²) in [6.45, 7) is 1.85. The third-order valence-corrected chi connectivity index (χ3v) is 3.88. The monoisotopic (exact) mass is 332 g/mol. The molecule has 1 aliphatic heterocycles. The number of halogens is 1. The number of hydrogen-bond acceptors (Lipinski definition) is 6. The highest BCUT2D eigenvalue weighted by atomic mass is 35.5. The lowest BCUT2D eigenvalue weighted by Crippen LogP contribution is -2.31. The number of carbonyl (C=O) groups excluding carboxylic acids is 1. The lowest BCUT2D eigenvalue weighted by atomic mass is 10.2. The molecule has 0 radical (unpaired) electrons. The number of benzene rings is 1. The number of nitrogens with zero attached hydrogens (tertiary/aromatic N) is 3. The Balaban J connectivity index is 1.70. The van der Waals surface area contributed by atoms with Crippen LogP contribution in [0.2, 0.25) is 5.02 Å². The number of aromatic nitrogens is 2. The summed E-state index contributed by atoms with van der Waals surface area (Å²) >= 11 is 5.88. The molecular weight excluding hydrogens is 316 g/mol. The lowest BCUT2D eigenvalue weighted by molar-refractivity contribution is 0.0962. The molecule has 0 atom stereocenters. The van der Waals surface area contributed by atoms with Crippen molar-refractivity contribution in [2.75, 3.05) is 29.1 Å². The van der Waals surface area contributed by atoms with Crippen molar-refractivity contribution in [3.63, 3.8) is 0 Å². The normalized spacial score (nSPS) is 13.9. The largest absolute Gasteiger partial charge is 0.393 e. The molecule has 2 aromatic rings. The van der Waals surface area contributed by atoms with Gasteiger partial charge in [0.1, 0.15) is 12.0 Å². The maximum absolute atomic E-state index is 12.1. The Morgan fingerprint density at radius 3 is 2.78 bits per heavy atom. The van der Waals surface area contributed by atoms with E-state index in [1.807, 2.05) is 0 Å². The minimum atomic E-state index is -0.326. The molecule has 1 fully saturated rings. The first-order valence-electron chi connectivity index (χ1n) is 7.32. The molecule has 1 amide bonds. The van der Waals surface area contributed by atoms with Gasteiger partial charge in [0, 0.05) is 23.7 Å². The highest BCUT2D eigenvalue weighted by Gasteiger charge is 2.18. The SMILES string of the molecule is Nc1c(NNC(=O)c2cccc(Cl)c2)ncnc1N1CCCC1. The zero-order valence-electron chi connectivity index (χ0n) is 12.4. The minimum absolute atomic E-state index is 0.326. The molecular formula is C15H17ClN6O. The zero-order valence-corrected chi connectivity index (χ0v) is 13.2. The van der Waals surface area contributed by atoms with E-state index >= 15 is 0 Å². The molecule has 1 aromatic carbocycles. The van der Waals surface area contributed by atoms with Crippen molar-refractivity contribution in [1.82, 2.24) is 15.4 Å². The summed E-state index contributed by atoms with van der Waals surface area (Å²) in [7, 11) is 0. The Kier molecular flexibility index (Phi) is 4.47. The van der Waals surface area contributed by atoms with E-state index in [1.54, 1.807) is 24.3 Å². The quantitative estimate of drug-likeness (QED) is 0.742. The summed E-state index contributed by atoms with van der Waals surface area (Å²) in [5, 5.41) is 0.496. The van der Waals surface area contributed by atoms with Gasteiger partial charge < -0.3 is 10.6 Å². The van der Waals surface area contributed by atoms with E-state index in [-0.39, 0.29) is 5.91 Å². The van der Waals surface area contributed by atoms with Gasteiger partial charge in [0.25, 0.3) is 5.91 Å².